The van der Waals surface area contributed by atoms with Crippen molar-refractivity contribution in [1.82, 2.24) is 10.3 Å². The van der Waals surface area contributed by atoms with Gasteiger partial charge in [-0.2, -0.15) is 0 Å². The highest BCUT2D eigenvalue weighted by molar-refractivity contribution is 5.94. The summed E-state index contributed by atoms with van der Waals surface area (Å²) in [6.45, 7) is 3.89. The zero-order chi connectivity index (χ0) is 15.9. The highest BCUT2D eigenvalue weighted by Gasteiger charge is 2.13. The Hall–Kier alpha value is -1.88. The molecule has 5 heteroatoms. The van der Waals surface area contributed by atoms with Crippen LogP contribution in [0.2, 0.25) is 0 Å². The fourth-order valence-electron chi connectivity index (χ4n) is 3.07. The maximum atomic E-state index is 12.2. The van der Waals surface area contributed by atoms with E-state index in [1.807, 2.05) is 12.1 Å². The number of nitrogens with one attached hydrogen (secondary N) is 1. The molecule has 124 valence electrons. The average molecular weight is 315 g/mol. The first-order chi connectivity index (χ1) is 11.3. The van der Waals surface area contributed by atoms with Crippen molar-refractivity contribution in [1.29, 1.82) is 0 Å². The predicted molar refractivity (Wildman–Crippen MR) is 90.8 cm³/mol. The van der Waals surface area contributed by atoms with Gasteiger partial charge >= 0.3 is 0 Å². The molecular formula is C18H25N3O2. The van der Waals surface area contributed by atoms with E-state index in [0.717, 1.165) is 38.5 Å². The van der Waals surface area contributed by atoms with Crippen LogP contribution in [0.5, 0.6) is 0 Å². The average Bonchev–Trinajstić information content (AvgIpc) is 2.63. The van der Waals surface area contributed by atoms with Gasteiger partial charge in [0, 0.05) is 25.8 Å². The van der Waals surface area contributed by atoms with Gasteiger partial charge < -0.3 is 15.0 Å². The van der Waals surface area contributed by atoms with E-state index < -0.39 is 0 Å². The van der Waals surface area contributed by atoms with Crippen molar-refractivity contribution in [2.75, 3.05) is 37.7 Å². The van der Waals surface area contributed by atoms with Crippen LogP contribution >= 0.6 is 0 Å². The Bertz CT molecular complexity index is 548. The van der Waals surface area contributed by atoms with Crippen LogP contribution < -0.4 is 10.2 Å². The van der Waals surface area contributed by atoms with Crippen LogP contribution in [0.4, 0.5) is 5.82 Å². The van der Waals surface area contributed by atoms with Crippen LogP contribution in [0.1, 0.15) is 42.5 Å². The standard InChI is InChI=1S/C18H25N3O2/c22-18(19-9-8-15-4-2-1-3-5-15)16-6-7-17(20-14-16)21-10-12-23-13-11-21/h4,6-7,14H,1-3,5,8-13H2,(H,19,22). The normalized spacial score (nSPS) is 18.4. The molecule has 0 atom stereocenters. The number of carbonyl (C=O) groups is 1. The number of amides is 1. The van der Waals surface area contributed by atoms with Gasteiger partial charge in [-0.05, 0) is 44.2 Å². The van der Waals surface area contributed by atoms with Gasteiger partial charge in [0.15, 0.2) is 0 Å². The summed E-state index contributed by atoms with van der Waals surface area (Å²) in [5.74, 6) is 0.875. The monoisotopic (exact) mass is 315 g/mol. The molecule has 2 heterocycles. The number of morpholine rings is 1. The summed E-state index contributed by atoms with van der Waals surface area (Å²) in [6, 6.07) is 3.77. The van der Waals surface area contributed by atoms with Gasteiger partial charge in [0.25, 0.3) is 5.91 Å². The van der Waals surface area contributed by atoms with E-state index in [0.29, 0.717) is 12.1 Å². The molecule has 0 radical (unpaired) electrons. The highest BCUT2D eigenvalue weighted by atomic mass is 16.5. The molecule has 1 fully saturated rings. The van der Waals surface area contributed by atoms with Gasteiger partial charge in [-0.1, -0.05) is 11.6 Å². The highest BCUT2D eigenvalue weighted by Crippen LogP contribution is 2.19. The maximum Gasteiger partial charge on any atom is 0.252 e. The Labute approximate surface area is 137 Å². The third kappa shape index (κ3) is 4.55. The molecule has 0 aromatic carbocycles. The molecule has 1 aromatic rings. The fraction of sp³-hybridized carbons (Fsp3) is 0.556. The molecule has 23 heavy (non-hydrogen) atoms. The van der Waals surface area contributed by atoms with E-state index in [9.17, 15) is 4.79 Å². The summed E-state index contributed by atoms with van der Waals surface area (Å²) in [6.07, 6.45) is 9.92. The first kappa shape index (κ1) is 16.0. The Morgan fingerprint density at radius 1 is 1.26 bits per heavy atom. The van der Waals surface area contributed by atoms with Crippen LogP contribution in [-0.2, 0) is 4.74 Å². The Balaban J connectivity index is 1.48. The molecule has 1 aliphatic heterocycles. The second-order valence-electron chi connectivity index (χ2n) is 6.12. The number of nitrogens with zero attached hydrogens (tertiary/aromatic N) is 2. The smallest absolute Gasteiger partial charge is 0.252 e. The second-order valence-corrected chi connectivity index (χ2v) is 6.12. The third-order valence-corrected chi connectivity index (χ3v) is 4.46. The minimum absolute atomic E-state index is 0.0394. The minimum Gasteiger partial charge on any atom is -0.378 e. The molecule has 1 amide bonds. The van der Waals surface area contributed by atoms with Gasteiger partial charge in [0.1, 0.15) is 5.82 Å². The molecule has 5 nitrogen and oxygen atoms in total. The number of anilines is 1. The molecule has 0 saturated carbocycles. The molecule has 1 N–H and O–H groups in total. The zero-order valence-electron chi connectivity index (χ0n) is 13.6. The number of carbonyl (C=O) groups excluding carboxylic acids is 1. The third-order valence-electron chi connectivity index (χ3n) is 4.46. The molecular weight excluding hydrogens is 290 g/mol. The minimum atomic E-state index is -0.0394. The van der Waals surface area contributed by atoms with Crippen molar-refractivity contribution in [2.24, 2.45) is 0 Å². The number of rotatable bonds is 5. The maximum absolute atomic E-state index is 12.2. The summed E-state index contributed by atoms with van der Waals surface area (Å²) >= 11 is 0. The molecule has 3 rings (SSSR count). The fourth-order valence-corrected chi connectivity index (χ4v) is 3.07. The Morgan fingerprint density at radius 3 is 2.83 bits per heavy atom. The van der Waals surface area contributed by atoms with Crippen molar-refractivity contribution in [3.8, 4) is 0 Å². The Morgan fingerprint density at radius 2 is 2.13 bits per heavy atom. The van der Waals surface area contributed by atoms with E-state index >= 15 is 0 Å². The van der Waals surface area contributed by atoms with E-state index in [2.05, 4.69) is 21.3 Å². The van der Waals surface area contributed by atoms with E-state index in [1.54, 1.807) is 6.20 Å². The molecule has 0 spiro atoms. The summed E-state index contributed by atoms with van der Waals surface area (Å²) in [4.78, 5) is 18.8. The van der Waals surface area contributed by atoms with Gasteiger partial charge in [-0.25, -0.2) is 4.98 Å². The largest absolute Gasteiger partial charge is 0.378 e. The number of hydrogen-bond acceptors (Lipinski definition) is 4. The van der Waals surface area contributed by atoms with Crippen molar-refractivity contribution in [2.45, 2.75) is 32.1 Å². The lowest BCUT2D eigenvalue weighted by Gasteiger charge is -2.27. The lowest BCUT2D eigenvalue weighted by Crippen LogP contribution is -2.36. The predicted octanol–water partition coefficient (Wildman–Crippen LogP) is 2.54. The number of ether oxygens (including phenoxy) is 1. The van der Waals surface area contributed by atoms with Crippen LogP contribution in [0, 0.1) is 0 Å². The zero-order valence-corrected chi connectivity index (χ0v) is 13.6. The summed E-state index contributed by atoms with van der Waals surface area (Å²) in [7, 11) is 0. The SMILES string of the molecule is O=C(NCCC1=CCCCC1)c1ccc(N2CCOCC2)nc1. The topological polar surface area (TPSA) is 54.5 Å². The van der Waals surface area contributed by atoms with Gasteiger partial charge in [0.05, 0.1) is 18.8 Å². The van der Waals surface area contributed by atoms with Gasteiger partial charge in [-0.15, -0.1) is 0 Å². The van der Waals surface area contributed by atoms with Crippen LogP contribution in [0.25, 0.3) is 0 Å². The molecule has 2 aliphatic rings. The van der Waals surface area contributed by atoms with Crippen molar-refractivity contribution >= 4 is 11.7 Å². The number of allylic oxidation sites excluding steroid dienone is 1. The number of aromatic nitrogens is 1. The van der Waals surface area contributed by atoms with E-state index in [1.165, 1.54) is 31.3 Å². The van der Waals surface area contributed by atoms with Crippen molar-refractivity contribution < 1.29 is 9.53 Å². The molecule has 1 saturated heterocycles. The van der Waals surface area contributed by atoms with Gasteiger partial charge in [0.2, 0.25) is 0 Å². The summed E-state index contributed by atoms with van der Waals surface area (Å²) in [5, 5.41) is 2.99. The molecule has 1 aliphatic carbocycles. The van der Waals surface area contributed by atoms with E-state index in [-0.39, 0.29) is 5.91 Å². The lowest BCUT2D eigenvalue weighted by molar-refractivity contribution is 0.0953. The van der Waals surface area contributed by atoms with Gasteiger partial charge in [-0.3, -0.25) is 4.79 Å². The quantitative estimate of drug-likeness (QED) is 0.849. The van der Waals surface area contributed by atoms with Crippen molar-refractivity contribution in [3.05, 3.63) is 35.5 Å². The van der Waals surface area contributed by atoms with Crippen LogP contribution in [-0.4, -0.2) is 43.7 Å². The number of pyridine rings is 1. The molecule has 0 unspecified atom stereocenters. The lowest BCUT2D eigenvalue weighted by atomic mass is 9.97. The summed E-state index contributed by atoms with van der Waals surface area (Å²) in [5.41, 5.74) is 2.11. The first-order valence-corrected chi connectivity index (χ1v) is 8.58. The second kappa shape index (κ2) is 8.11. The summed E-state index contributed by atoms with van der Waals surface area (Å²) < 4.78 is 5.34. The molecule has 0 bridgehead atoms. The molecule has 1 aromatic heterocycles. The first-order valence-electron chi connectivity index (χ1n) is 8.58. The number of hydrogen-bond donors (Lipinski definition) is 1. The van der Waals surface area contributed by atoms with Crippen LogP contribution in [0.3, 0.4) is 0 Å². The van der Waals surface area contributed by atoms with Crippen molar-refractivity contribution in [3.63, 3.8) is 0 Å². The Kier molecular flexibility index (Phi) is 5.64. The van der Waals surface area contributed by atoms with E-state index in [4.69, 9.17) is 4.74 Å². The van der Waals surface area contributed by atoms with Crippen LogP contribution in [0.15, 0.2) is 30.0 Å².